The van der Waals surface area contributed by atoms with Crippen molar-refractivity contribution in [3.8, 4) is 0 Å². The van der Waals surface area contributed by atoms with E-state index in [2.05, 4.69) is 160 Å². The lowest BCUT2D eigenvalue weighted by atomic mass is 10.0. The largest absolute Gasteiger partial charge is 0.472 e. The second kappa shape index (κ2) is 62.1. The third-order valence-corrected chi connectivity index (χ3v) is 13.4. The van der Waals surface area contributed by atoms with Crippen molar-refractivity contribution in [3.63, 3.8) is 0 Å². The summed E-state index contributed by atoms with van der Waals surface area (Å²) < 4.78 is 33.0. The number of phosphoric acid groups is 1. The second-order valence-electron chi connectivity index (χ2n) is 19.8. The summed E-state index contributed by atoms with van der Waals surface area (Å²) in [5.41, 5.74) is 5.38. The van der Waals surface area contributed by atoms with E-state index in [-0.39, 0.29) is 32.6 Å². The van der Waals surface area contributed by atoms with Gasteiger partial charge in [-0.15, -0.1) is 0 Å². The standard InChI is InChI=1S/C68H112NO8P/c1-3-5-7-9-11-13-15-17-19-21-22-23-24-25-26-27-28-29-30-31-32-33-34-35-36-37-38-39-40-41-42-43-44-45-47-49-51-53-55-57-59-61-68(71)77-66(65-76-78(72,73)75-63-62-69)64-74-67(70)60-58-56-54-52-50-48-46-20-18-16-14-12-10-8-6-4-2/h5,7,11,13-14,16-17,19-20,22-23,25-26,28-29,31-32,34-35,37-38,40-41,46,66H,3-4,6,8-10,12,15,18,21,24,27,30,33,36,39,42-45,47-65,69H2,1-2H3,(H,72,73)/b7-5-,13-11-,16-14-,19-17-,23-22-,26-25-,29-28-,32-31-,35-34-,38-37-,41-40-,46-20-. The first kappa shape index (κ1) is 73.9. The van der Waals surface area contributed by atoms with E-state index >= 15 is 0 Å². The molecule has 0 aliphatic rings. The second-order valence-corrected chi connectivity index (χ2v) is 21.3. The van der Waals surface area contributed by atoms with Crippen LogP contribution in [0.15, 0.2) is 146 Å². The number of nitrogens with two attached hydrogens (primary N) is 1. The summed E-state index contributed by atoms with van der Waals surface area (Å²) in [5.74, 6) is -0.856. The van der Waals surface area contributed by atoms with Gasteiger partial charge in [-0.05, 0) is 122 Å². The Morgan fingerprint density at radius 3 is 1.05 bits per heavy atom. The van der Waals surface area contributed by atoms with Crippen molar-refractivity contribution in [1.29, 1.82) is 0 Å². The minimum absolute atomic E-state index is 0.0442. The molecule has 0 radical (unpaired) electrons. The molecule has 442 valence electrons. The van der Waals surface area contributed by atoms with Crippen LogP contribution >= 0.6 is 7.82 Å². The molecule has 0 aromatic heterocycles. The first-order valence-electron chi connectivity index (χ1n) is 30.8. The maximum absolute atomic E-state index is 12.7. The van der Waals surface area contributed by atoms with Gasteiger partial charge in [0.2, 0.25) is 0 Å². The van der Waals surface area contributed by atoms with Crippen molar-refractivity contribution in [2.45, 2.75) is 245 Å². The Hall–Kier alpha value is -4.11. The molecule has 0 aliphatic carbocycles. The average molecular weight is 1100 g/mol. The van der Waals surface area contributed by atoms with Gasteiger partial charge in [-0.3, -0.25) is 18.6 Å². The molecule has 3 N–H and O–H groups in total. The molecule has 78 heavy (non-hydrogen) atoms. The van der Waals surface area contributed by atoms with Crippen LogP contribution in [-0.4, -0.2) is 49.3 Å². The van der Waals surface area contributed by atoms with Crippen LogP contribution in [0.3, 0.4) is 0 Å². The number of esters is 2. The third kappa shape index (κ3) is 61.1. The number of rotatable bonds is 56. The summed E-state index contributed by atoms with van der Waals surface area (Å²) in [4.78, 5) is 35.2. The highest BCUT2D eigenvalue weighted by molar-refractivity contribution is 7.47. The van der Waals surface area contributed by atoms with Crippen LogP contribution in [0.2, 0.25) is 0 Å². The summed E-state index contributed by atoms with van der Waals surface area (Å²) in [7, 11) is -4.40. The van der Waals surface area contributed by atoms with Crippen LogP contribution in [0.5, 0.6) is 0 Å². The van der Waals surface area contributed by atoms with E-state index in [1.54, 1.807) is 0 Å². The van der Waals surface area contributed by atoms with Gasteiger partial charge in [0.15, 0.2) is 6.10 Å². The van der Waals surface area contributed by atoms with Gasteiger partial charge < -0.3 is 20.1 Å². The molecule has 10 heteroatoms. The summed E-state index contributed by atoms with van der Waals surface area (Å²) in [6, 6.07) is 0. The van der Waals surface area contributed by atoms with Gasteiger partial charge in [0.25, 0.3) is 0 Å². The highest BCUT2D eigenvalue weighted by Gasteiger charge is 2.26. The molecule has 0 heterocycles. The Labute approximate surface area is 477 Å². The first-order valence-corrected chi connectivity index (χ1v) is 32.3. The van der Waals surface area contributed by atoms with Crippen LogP contribution in [0.25, 0.3) is 0 Å². The fourth-order valence-corrected chi connectivity index (χ4v) is 8.69. The monoisotopic (exact) mass is 1100 g/mol. The molecule has 0 bridgehead atoms. The molecule has 0 aliphatic heterocycles. The predicted octanol–water partition coefficient (Wildman–Crippen LogP) is 19.9. The third-order valence-electron chi connectivity index (χ3n) is 12.5. The SMILES string of the molecule is CC/C=C\C/C=C\C/C=C\C/C=C\C/C=C\C/C=C\C/C=C\C/C=C\C/C=C\C/C=C\CCCCCCCCCCCCC(=O)OC(COC(=O)CCCCCCC/C=C\C/C=C\CCCCCC)COP(=O)(O)OCCN. The molecule has 0 rings (SSSR count). The molecule has 2 atom stereocenters. The van der Waals surface area contributed by atoms with E-state index in [0.717, 1.165) is 128 Å². The van der Waals surface area contributed by atoms with Crippen LogP contribution in [-0.2, 0) is 32.7 Å². The highest BCUT2D eigenvalue weighted by Crippen LogP contribution is 2.43. The number of hydrogen-bond donors (Lipinski definition) is 2. The minimum atomic E-state index is -4.40. The number of carbonyl (C=O) groups is 2. The van der Waals surface area contributed by atoms with Gasteiger partial charge in [-0.25, -0.2) is 4.57 Å². The average Bonchev–Trinajstić information content (AvgIpc) is 3.43. The Morgan fingerprint density at radius 1 is 0.397 bits per heavy atom. The predicted molar refractivity (Wildman–Crippen MR) is 334 cm³/mol. The van der Waals surface area contributed by atoms with E-state index < -0.39 is 32.5 Å². The summed E-state index contributed by atoms with van der Waals surface area (Å²) in [6.45, 7) is 3.58. The van der Waals surface area contributed by atoms with Crippen molar-refractivity contribution in [3.05, 3.63) is 146 Å². The zero-order valence-corrected chi connectivity index (χ0v) is 50.2. The number of allylic oxidation sites excluding steroid dienone is 24. The smallest absolute Gasteiger partial charge is 0.462 e. The van der Waals surface area contributed by atoms with Gasteiger partial charge >= 0.3 is 19.8 Å². The maximum atomic E-state index is 12.7. The summed E-state index contributed by atoms with van der Waals surface area (Å²) >= 11 is 0. The molecule has 0 amide bonds. The highest BCUT2D eigenvalue weighted by atomic mass is 31.2. The van der Waals surface area contributed by atoms with Crippen LogP contribution < -0.4 is 5.73 Å². The summed E-state index contributed by atoms with van der Waals surface area (Å²) in [5, 5.41) is 0. The lowest BCUT2D eigenvalue weighted by Crippen LogP contribution is -2.29. The van der Waals surface area contributed by atoms with E-state index in [9.17, 15) is 19.0 Å². The molecule has 0 aromatic carbocycles. The normalized spacial score (nSPS) is 14.1. The number of carbonyl (C=O) groups excluding carboxylic acids is 2. The van der Waals surface area contributed by atoms with Crippen molar-refractivity contribution in [2.75, 3.05) is 26.4 Å². The minimum Gasteiger partial charge on any atom is -0.462 e. The van der Waals surface area contributed by atoms with Crippen molar-refractivity contribution in [1.82, 2.24) is 0 Å². The number of phosphoric ester groups is 1. The molecular weight excluding hydrogens is 990 g/mol. The van der Waals surface area contributed by atoms with Gasteiger partial charge in [-0.1, -0.05) is 250 Å². The number of ether oxygens (including phenoxy) is 2. The van der Waals surface area contributed by atoms with E-state index in [1.807, 2.05) is 0 Å². The fraction of sp³-hybridized carbons (Fsp3) is 0.618. The van der Waals surface area contributed by atoms with Crippen LogP contribution in [0.1, 0.15) is 239 Å². The number of hydrogen-bond acceptors (Lipinski definition) is 8. The summed E-state index contributed by atoms with van der Waals surface area (Å²) in [6.07, 6.45) is 89.1. The molecule has 2 unspecified atom stereocenters. The lowest BCUT2D eigenvalue weighted by Gasteiger charge is -2.19. The first-order chi connectivity index (χ1) is 38.3. The molecule has 0 saturated heterocycles. The Bertz CT molecular complexity index is 1780. The van der Waals surface area contributed by atoms with Gasteiger partial charge in [0.1, 0.15) is 6.61 Å². The van der Waals surface area contributed by atoms with Gasteiger partial charge in [0.05, 0.1) is 13.2 Å². The maximum Gasteiger partial charge on any atom is 0.472 e. The number of unbranched alkanes of at least 4 members (excludes halogenated alkanes) is 19. The molecule has 0 fully saturated rings. The van der Waals surface area contributed by atoms with E-state index in [1.165, 1.54) is 70.6 Å². The zero-order chi connectivity index (χ0) is 56.6. The van der Waals surface area contributed by atoms with Crippen molar-refractivity contribution in [2.24, 2.45) is 5.73 Å². The molecule has 0 spiro atoms. The Kier molecular flexibility index (Phi) is 58.8. The molecule has 0 saturated carbocycles. The Balaban J connectivity index is 3.97. The molecular formula is C68H112NO8P. The van der Waals surface area contributed by atoms with Crippen molar-refractivity contribution >= 4 is 19.8 Å². The molecule has 9 nitrogen and oxygen atoms in total. The quantitative estimate of drug-likeness (QED) is 0.0264. The van der Waals surface area contributed by atoms with E-state index in [4.69, 9.17) is 24.3 Å². The van der Waals surface area contributed by atoms with Gasteiger partial charge in [0, 0.05) is 19.4 Å². The van der Waals surface area contributed by atoms with Crippen molar-refractivity contribution < 1.29 is 37.6 Å². The fourth-order valence-electron chi connectivity index (χ4n) is 7.93. The topological polar surface area (TPSA) is 134 Å². The lowest BCUT2D eigenvalue weighted by molar-refractivity contribution is -0.161. The zero-order valence-electron chi connectivity index (χ0n) is 49.3. The molecule has 0 aromatic rings. The van der Waals surface area contributed by atoms with Gasteiger partial charge in [-0.2, -0.15) is 0 Å². The van der Waals surface area contributed by atoms with Crippen LogP contribution in [0, 0.1) is 0 Å². The van der Waals surface area contributed by atoms with E-state index in [0.29, 0.717) is 12.8 Å². The van der Waals surface area contributed by atoms with Crippen LogP contribution in [0.4, 0.5) is 0 Å². The Morgan fingerprint density at radius 2 is 0.705 bits per heavy atom.